The Balaban J connectivity index is 2.01. The highest BCUT2D eigenvalue weighted by Crippen LogP contribution is 2.37. The Labute approximate surface area is 195 Å². The lowest BCUT2D eigenvalue weighted by Gasteiger charge is -2.14. The van der Waals surface area contributed by atoms with Crippen LogP contribution in [0.15, 0.2) is 98.6 Å². The highest BCUT2D eigenvalue weighted by Gasteiger charge is 2.17. The van der Waals surface area contributed by atoms with E-state index >= 15 is 4.39 Å². The van der Waals surface area contributed by atoms with E-state index in [-0.39, 0.29) is 22.8 Å². The maximum Gasteiger partial charge on any atom is 0.335 e. The van der Waals surface area contributed by atoms with Crippen molar-refractivity contribution in [2.75, 3.05) is 0 Å². The van der Waals surface area contributed by atoms with E-state index in [1.54, 1.807) is 24.3 Å². The fraction of sp³-hybridized carbons (Fsp3) is 0. The molecule has 0 aromatic heterocycles. The van der Waals surface area contributed by atoms with Crippen molar-refractivity contribution in [3.8, 4) is 39.5 Å². The van der Waals surface area contributed by atoms with Crippen molar-refractivity contribution in [2.24, 2.45) is 0 Å². The van der Waals surface area contributed by atoms with E-state index in [1.807, 2.05) is 0 Å². The molecule has 0 fully saturated rings. The molecule has 0 heterocycles. The van der Waals surface area contributed by atoms with Gasteiger partial charge in [-0.15, -0.1) is 0 Å². The number of halogens is 1. The van der Waals surface area contributed by atoms with Gasteiger partial charge in [-0.25, -0.2) is 18.8 Å². The monoisotopic (exact) mass is 458 g/mol. The van der Waals surface area contributed by atoms with Crippen molar-refractivity contribution in [2.45, 2.75) is 0 Å². The van der Waals surface area contributed by atoms with E-state index in [1.165, 1.54) is 36.4 Å². The molecule has 0 amide bonds. The van der Waals surface area contributed by atoms with Crippen LogP contribution in [0.5, 0.6) is 17.2 Å². The number of hydrogen-bond donors (Lipinski definition) is 0. The number of rotatable bonds is 8. The Kier molecular flexibility index (Phi) is 7.51. The predicted molar refractivity (Wildman–Crippen MR) is 125 cm³/mol. The van der Waals surface area contributed by atoms with Gasteiger partial charge in [0.2, 0.25) is 0 Å². The molecule has 0 atom stereocenters. The van der Waals surface area contributed by atoms with E-state index in [0.29, 0.717) is 16.7 Å². The van der Waals surface area contributed by atoms with E-state index in [9.17, 15) is 14.4 Å². The number of ether oxygens (including phenoxy) is 3. The molecule has 0 aliphatic carbocycles. The highest BCUT2D eigenvalue weighted by molar-refractivity contribution is 5.87. The van der Waals surface area contributed by atoms with Crippen molar-refractivity contribution in [1.29, 1.82) is 0 Å². The molecule has 3 aromatic carbocycles. The van der Waals surface area contributed by atoms with Crippen molar-refractivity contribution < 1.29 is 33.0 Å². The van der Waals surface area contributed by atoms with Crippen LogP contribution in [0.2, 0.25) is 0 Å². The zero-order chi connectivity index (χ0) is 24.7. The van der Waals surface area contributed by atoms with Gasteiger partial charge in [0, 0.05) is 29.4 Å². The van der Waals surface area contributed by atoms with Crippen molar-refractivity contribution in [1.82, 2.24) is 0 Å². The molecule has 7 heteroatoms. The van der Waals surface area contributed by atoms with E-state index in [2.05, 4.69) is 19.7 Å². The van der Waals surface area contributed by atoms with Gasteiger partial charge in [0.25, 0.3) is 0 Å². The minimum absolute atomic E-state index is 0.0966. The molecule has 0 aliphatic rings. The highest BCUT2D eigenvalue weighted by atomic mass is 19.1. The minimum atomic E-state index is -0.720. The lowest BCUT2D eigenvalue weighted by molar-refractivity contribution is -0.129. The van der Waals surface area contributed by atoms with Crippen molar-refractivity contribution >= 4 is 17.9 Å². The summed E-state index contributed by atoms with van der Waals surface area (Å²) in [5.41, 5.74) is 1.44. The lowest BCUT2D eigenvalue weighted by atomic mass is 9.98. The van der Waals surface area contributed by atoms with Crippen LogP contribution >= 0.6 is 0 Å². The van der Waals surface area contributed by atoms with Crippen LogP contribution in [0, 0.1) is 5.82 Å². The van der Waals surface area contributed by atoms with Crippen LogP contribution in [0.3, 0.4) is 0 Å². The summed E-state index contributed by atoms with van der Waals surface area (Å²) in [4.78, 5) is 34.6. The van der Waals surface area contributed by atoms with E-state index < -0.39 is 23.7 Å². The summed E-state index contributed by atoms with van der Waals surface area (Å²) in [6.45, 7) is 10.1. The number of benzene rings is 3. The predicted octanol–water partition coefficient (Wildman–Crippen LogP) is 5.43. The second-order valence-corrected chi connectivity index (χ2v) is 6.75. The summed E-state index contributed by atoms with van der Waals surface area (Å²) >= 11 is 0. The maximum absolute atomic E-state index is 15.1. The van der Waals surface area contributed by atoms with Crippen molar-refractivity contribution in [3.63, 3.8) is 0 Å². The number of esters is 3. The van der Waals surface area contributed by atoms with Crippen LogP contribution in [0.1, 0.15) is 0 Å². The van der Waals surface area contributed by atoms with Gasteiger partial charge >= 0.3 is 17.9 Å². The first-order valence-corrected chi connectivity index (χ1v) is 9.91. The molecule has 0 bridgehead atoms. The SMILES string of the molecule is C=CC(=O)Oc1ccc(-c2cc(OC(=O)C=C)c(-c3ccc(OC(=O)C=C)cc3)cc2F)cc1. The van der Waals surface area contributed by atoms with Gasteiger partial charge in [-0.3, -0.25) is 0 Å². The molecule has 6 nitrogen and oxygen atoms in total. The second-order valence-electron chi connectivity index (χ2n) is 6.75. The van der Waals surface area contributed by atoms with Gasteiger partial charge in [0.1, 0.15) is 23.1 Å². The number of carbonyl (C=O) groups excluding carboxylic acids is 3. The number of carbonyl (C=O) groups is 3. The summed E-state index contributed by atoms with van der Waals surface area (Å²) in [5, 5.41) is 0. The molecule has 34 heavy (non-hydrogen) atoms. The first-order chi connectivity index (χ1) is 16.3. The van der Waals surface area contributed by atoms with Gasteiger partial charge in [-0.1, -0.05) is 44.0 Å². The number of hydrogen-bond acceptors (Lipinski definition) is 6. The molecular formula is C27H19FO6. The van der Waals surface area contributed by atoms with Crippen molar-refractivity contribution in [3.05, 3.63) is 104 Å². The third-order valence-electron chi connectivity index (χ3n) is 4.55. The largest absolute Gasteiger partial charge is 0.423 e. The van der Waals surface area contributed by atoms with Gasteiger partial charge in [0.15, 0.2) is 0 Å². The molecule has 0 aliphatic heterocycles. The third kappa shape index (κ3) is 5.72. The molecule has 0 radical (unpaired) electrons. The zero-order valence-corrected chi connectivity index (χ0v) is 18.0. The third-order valence-corrected chi connectivity index (χ3v) is 4.55. The summed E-state index contributed by atoms with van der Waals surface area (Å²) < 4.78 is 30.6. The molecular weight excluding hydrogens is 439 g/mol. The Morgan fingerprint density at radius 3 is 1.47 bits per heavy atom. The van der Waals surface area contributed by atoms with Crippen LogP contribution < -0.4 is 14.2 Å². The summed E-state index contributed by atoms with van der Waals surface area (Å²) in [6.07, 6.45) is 3.06. The van der Waals surface area contributed by atoms with Gasteiger partial charge in [-0.05, 0) is 47.5 Å². The second kappa shape index (κ2) is 10.7. The topological polar surface area (TPSA) is 78.9 Å². The lowest BCUT2D eigenvalue weighted by Crippen LogP contribution is -2.05. The van der Waals surface area contributed by atoms with E-state index in [0.717, 1.165) is 18.2 Å². The summed E-state index contributed by atoms with van der Waals surface area (Å²) in [7, 11) is 0. The van der Waals surface area contributed by atoms with E-state index in [4.69, 9.17) is 14.2 Å². The van der Waals surface area contributed by atoms with Crippen LogP contribution in [-0.4, -0.2) is 17.9 Å². The van der Waals surface area contributed by atoms with Gasteiger partial charge < -0.3 is 14.2 Å². The first-order valence-electron chi connectivity index (χ1n) is 9.91. The Hall–Kier alpha value is -4.78. The maximum atomic E-state index is 15.1. The molecule has 3 rings (SSSR count). The molecule has 0 saturated carbocycles. The Morgan fingerprint density at radius 2 is 1.03 bits per heavy atom. The molecule has 0 N–H and O–H groups in total. The Bertz CT molecular complexity index is 1270. The quantitative estimate of drug-likeness (QED) is 0.254. The summed E-state index contributed by atoms with van der Waals surface area (Å²) in [6, 6.07) is 15.0. The zero-order valence-electron chi connectivity index (χ0n) is 18.0. The Morgan fingerprint density at radius 1 is 0.618 bits per heavy atom. The molecule has 0 spiro atoms. The fourth-order valence-corrected chi connectivity index (χ4v) is 2.96. The van der Waals surface area contributed by atoms with Crippen LogP contribution in [0.25, 0.3) is 22.3 Å². The molecule has 0 unspecified atom stereocenters. The first kappa shape index (κ1) is 23.9. The average molecular weight is 458 g/mol. The molecule has 0 saturated heterocycles. The van der Waals surface area contributed by atoms with Gasteiger partial charge in [-0.2, -0.15) is 0 Å². The summed E-state index contributed by atoms with van der Waals surface area (Å²) in [5.74, 6) is -1.90. The molecule has 170 valence electrons. The fourth-order valence-electron chi connectivity index (χ4n) is 2.96. The standard InChI is InChI=1S/C27H19FO6/c1-4-25(29)32-19-11-7-17(8-12-19)21-16-24(34-27(31)6-3)22(15-23(21)28)18-9-13-20(14-10-18)33-26(30)5-2/h4-16H,1-3H2. The minimum Gasteiger partial charge on any atom is -0.423 e. The van der Waals surface area contributed by atoms with Crippen LogP contribution in [0.4, 0.5) is 4.39 Å². The van der Waals surface area contributed by atoms with Crippen LogP contribution in [-0.2, 0) is 14.4 Å². The van der Waals surface area contributed by atoms with Gasteiger partial charge in [0.05, 0.1) is 0 Å². The molecule has 3 aromatic rings. The average Bonchev–Trinajstić information content (AvgIpc) is 2.85. The smallest absolute Gasteiger partial charge is 0.335 e. The normalized spacial score (nSPS) is 10.0.